The fourth-order valence-corrected chi connectivity index (χ4v) is 2.85. The van der Waals surface area contributed by atoms with Crippen LogP contribution in [0.5, 0.6) is 0 Å². The number of amides is 1. The fraction of sp³-hybridized carbons (Fsp3) is 0.238. The van der Waals surface area contributed by atoms with E-state index in [4.69, 9.17) is 0 Å². The van der Waals surface area contributed by atoms with Crippen molar-refractivity contribution in [2.45, 2.75) is 33.2 Å². The molecule has 0 unspecified atom stereocenters. The first-order chi connectivity index (χ1) is 12.1. The fourth-order valence-electron chi connectivity index (χ4n) is 2.85. The van der Waals surface area contributed by atoms with Crippen molar-refractivity contribution in [2.75, 3.05) is 5.32 Å². The first-order valence-corrected chi connectivity index (χ1v) is 8.53. The van der Waals surface area contributed by atoms with Crippen molar-refractivity contribution in [3.63, 3.8) is 0 Å². The molecule has 0 atom stereocenters. The largest absolute Gasteiger partial charge is 0.311 e. The second-order valence-electron chi connectivity index (χ2n) is 6.33. The van der Waals surface area contributed by atoms with Crippen LogP contribution in [0.1, 0.15) is 22.3 Å². The average Bonchev–Trinajstić information content (AvgIpc) is 3.04. The highest BCUT2D eigenvalue weighted by molar-refractivity contribution is 5.91. The summed E-state index contributed by atoms with van der Waals surface area (Å²) in [4.78, 5) is 12.4. The minimum Gasteiger partial charge on any atom is -0.311 e. The molecule has 4 heteroatoms. The maximum atomic E-state index is 12.4. The SMILES string of the molecule is Cc1ccc(C)c(CC(=O)Nc2ccnn2CCc2ccccc2)c1. The molecule has 0 radical (unpaired) electrons. The maximum Gasteiger partial charge on any atom is 0.229 e. The molecular weight excluding hydrogens is 310 g/mol. The quantitative estimate of drug-likeness (QED) is 0.743. The molecule has 4 nitrogen and oxygen atoms in total. The van der Waals surface area contributed by atoms with Gasteiger partial charge in [-0.2, -0.15) is 5.10 Å². The molecule has 1 N–H and O–H groups in total. The monoisotopic (exact) mass is 333 g/mol. The summed E-state index contributed by atoms with van der Waals surface area (Å²) in [7, 11) is 0. The van der Waals surface area contributed by atoms with Crippen LogP contribution in [0.25, 0.3) is 0 Å². The van der Waals surface area contributed by atoms with Gasteiger partial charge in [0.15, 0.2) is 0 Å². The van der Waals surface area contributed by atoms with Crippen LogP contribution in [-0.4, -0.2) is 15.7 Å². The Bertz CT molecular complexity index is 853. The van der Waals surface area contributed by atoms with Gasteiger partial charge in [0.05, 0.1) is 12.6 Å². The Balaban J connectivity index is 1.62. The first kappa shape index (κ1) is 17.0. The lowest BCUT2D eigenvalue weighted by atomic mass is 10.0. The van der Waals surface area contributed by atoms with Gasteiger partial charge in [0.25, 0.3) is 0 Å². The predicted octanol–water partition coefficient (Wildman–Crippen LogP) is 3.92. The normalized spacial score (nSPS) is 10.6. The Labute approximate surface area is 148 Å². The first-order valence-electron chi connectivity index (χ1n) is 8.53. The van der Waals surface area contributed by atoms with E-state index in [1.165, 1.54) is 11.1 Å². The summed E-state index contributed by atoms with van der Waals surface area (Å²) < 4.78 is 1.84. The van der Waals surface area contributed by atoms with Gasteiger partial charge in [0.1, 0.15) is 5.82 Å². The van der Waals surface area contributed by atoms with Gasteiger partial charge in [0, 0.05) is 12.6 Å². The van der Waals surface area contributed by atoms with Crippen LogP contribution in [0.2, 0.25) is 0 Å². The Morgan fingerprint density at radius 2 is 1.88 bits per heavy atom. The van der Waals surface area contributed by atoms with Gasteiger partial charge >= 0.3 is 0 Å². The molecule has 0 spiro atoms. The topological polar surface area (TPSA) is 46.9 Å². The van der Waals surface area contributed by atoms with Crippen LogP contribution in [0, 0.1) is 13.8 Å². The molecule has 25 heavy (non-hydrogen) atoms. The van der Waals surface area contributed by atoms with E-state index in [-0.39, 0.29) is 5.91 Å². The lowest BCUT2D eigenvalue weighted by molar-refractivity contribution is -0.115. The van der Waals surface area contributed by atoms with Gasteiger partial charge in [-0.1, -0.05) is 54.1 Å². The third-order valence-corrected chi connectivity index (χ3v) is 4.29. The second-order valence-corrected chi connectivity index (χ2v) is 6.33. The number of nitrogens with zero attached hydrogens (tertiary/aromatic N) is 2. The van der Waals surface area contributed by atoms with E-state index in [1.54, 1.807) is 6.20 Å². The highest BCUT2D eigenvalue weighted by atomic mass is 16.1. The van der Waals surface area contributed by atoms with Crippen molar-refractivity contribution in [1.82, 2.24) is 9.78 Å². The highest BCUT2D eigenvalue weighted by Gasteiger charge is 2.10. The van der Waals surface area contributed by atoms with Crippen molar-refractivity contribution in [2.24, 2.45) is 0 Å². The lowest BCUT2D eigenvalue weighted by Gasteiger charge is -2.10. The van der Waals surface area contributed by atoms with Crippen molar-refractivity contribution < 1.29 is 4.79 Å². The molecule has 0 bridgehead atoms. The molecule has 0 saturated heterocycles. The zero-order chi connectivity index (χ0) is 17.6. The van der Waals surface area contributed by atoms with Crippen LogP contribution < -0.4 is 5.32 Å². The molecular formula is C21H23N3O. The standard InChI is InChI=1S/C21H23N3O/c1-16-8-9-17(2)19(14-16)15-21(25)23-20-10-12-22-24(20)13-11-18-6-4-3-5-7-18/h3-10,12,14H,11,13,15H2,1-2H3,(H,23,25). The molecule has 0 aliphatic heterocycles. The Morgan fingerprint density at radius 1 is 1.08 bits per heavy atom. The molecule has 128 valence electrons. The molecule has 3 aromatic rings. The Morgan fingerprint density at radius 3 is 2.68 bits per heavy atom. The minimum absolute atomic E-state index is 0.0184. The molecule has 1 heterocycles. The number of hydrogen-bond acceptors (Lipinski definition) is 2. The number of aryl methyl sites for hydroxylation is 4. The summed E-state index contributed by atoms with van der Waals surface area (Å²) in [5, 5.41) is 7.31. The van der Waals surface area contributed by atoms with E-state index in [1.807, 2.05) is 42.8 Å². The summed E-state index contributed by atoms with van der Waals surface area (Å²) in [6, 6.07) is 18.3. The average molecular weight is 333 g/mol. The van der Waals surface area contributed by atoms with E-state index in [0.717, 1.165) is 29.9 Å². The molecule has 1 aromatic heterocycles. The predicted molar refractivity (Wildman–Crippen MR) is 101 cm³/mol. The number of hydrogen-bond donors (Lipinski definition) is 1. The van der Waals surface area contributed by atoms with Crippen molar-refractivity contribution in [3.8, 4) is 0 Å². The Hall–Kier alpha value is -2.88. The van der Waals surface area contributed by atoms with E-state index < -0.39 is 0 Å². The number of benzene rings is 2. The van der Waals surface area contributed by atoms with Gasteiger partial charge in [-0.3, -0.25) is 4.79 Å². The van der Waals surface area contributed by atoms with Crippen molar-refractivity contribution in [1.29, 1.82) is 0 Å². The second kappa shape index (κ2) is 7.79. The van der Waals surface area contributed by atoms with E-state index >= 15 is 0 Å². The zero-order valence-electron chi connectivity index (χ0n) is 14.7. The van der Waals surface area contributed by atoms with Crippen molar-refractivity contribution in [3.05, 3.63) is 83.0 Å². The van der Waals surface area contributed by atoms with Gasteiger partial charge in [-0.15, -0.1) is 0 Å². The number of carbonyl (C=O) groups is 1. The minimum atomic E-state index is -0.0184. The summed E-state index contributed by atoms with van der Waals surface area (Å²) in [5.41, 5.74) is 4.62. The number of carbonyl (C=O) groups excluding carboxylic acids is 1. The third-order valence-electron chi connectivity index (χ3n) is 4.29. The van der Waals surface area contributed by atoms with Gasteiger partial charge in [-0.05, 0) is 37.0 Å². The number of nitrogens with one attached hydrogen (secondary N) is 1. The van der Waals surface area contributed by atoms with Crippen LogP contribution in [0.4, 0.5) is 5.82 Å². The Kier molecular flexibility index (Phi) is 5.29. The number of rotatable bonds is 6. The molecule has 1 amide bonds. The molecule has 0 fully saturated rings. The summed E-state index contributed by atoms with van der Waals surface area (Å²) in [5.74, 6) is 0.724. The summed E-state index contributed by atoms with van der Waals surface area (Å²) >= 11 is 0. The van der Waals surface area contributed by atoms with Gasteiger partial charge < -0.3 is 5.32 Å². The van der Waals surface area contributed by atoms with Crippen LogP contribution in [-0.2, 0) is 24.2 Å². The molecule has 0 aliphatic rings. The molecule has 2 aromatic carbocycles. The van der Waals surface area contributed by atoms with E-state index in [9.17, 15) is 4.79 Å². The maximum absolute atomic E-state index is 12.4. The molecule has 0 aliphatic carbocycles. The van der Waals surface area contributed by atoms with Crippen molar-refractivity contribution >= 4 is 11.7 Å². The molecule has 3 rings (SSSR count). The van der Waals surface area contributed by atoms with Crippen LogP contribution in [0.15, 0.2) is 60.8 Å². The highest BCUT2D eigenvalue weighted by Crippen LogP contribution is 2.14. The smallest absolute Gasteiger partial charge is 0.229 e. The van der Waals surface area contributed by atoms with Gasteiger partial charge in [-0.25, -0.2) is 4.68 Å². The molecule has 0 saturated carbocycles. The van der Waals surface area contributed by atoms with Crippen LogP contribution >= 0.6 is 0 Å². The van der Waals surface area contributed by atoms with Crippen LogP contribution in [0.3, 0.4) is 0 Å². The summed E-state index contributed by atoms with van der Waals surface area (Å²) in [6.45, 7) is 4.81. The van der Waals surface area contributed by atoms with E-state index in [2.05, 4.69) is 40.7 Å². The number of aromatic nitrogens is 2. The van der Waals surface area contributed by atoms with Gasteiger partial charge in [0.2, 0.25) is 5.91 Å². The third kappa shape index (κ3) is 4.57. The zero-order valence-corrected chi connectivity index (χ0v) is 14.7. The number of anilines is 1. The van der Waals surface area contributed by atoms with E-state index in [0.29, 0.717) is 6.42 Å². The lowest BCUT2D eigenvalue weighted by Crippen LogP contribution is -2.18. The summed E-state index contributed by atoms with van der Waals surface area (Å²) in [6.07, 6.45) is 2.97.